The first kappa shape index (κ1) is 19.0. The van der Waals surface area contributed by atoms with Crippen LogP contribution in [0.15, 0.2) is 70.8 Å². The maximum atomic E-state index is 13.9. The van der Waals surface area contributed by atoms with Crippen LogP contribution in [0.2, 0.25) is 0 Å². The molecular weight excluding hydrogens is 389 g/mol. The van der Waals surface area contributed by atoms with Gasteiger partial charge in [-0.3, -0.25) is 9.59 Å². The summed E-state index contributed by atoms with van der Waals surface area (Å²) < 4.78 is 15.1. The van der Waals surface area contributed by atoms with Crippen LogP contribution in [0, 0.1) is 5.82 Å². The van der Waals surface area contributed by atoms with Crippen molar-refractivity contribution in [3.05, 3.63) is 87.8 Å². The maximum absolute atomic E-state index is 13.9. The summed E-state index contributed by atoms with van der Waals surface area (Å²) in [5.74, 6) is -0.691. The standard InChI is InChI=1S/C22H18FN3O2S/c1-25(13-15-7-2-5-10-18(15)23)20(27)14-26-22(28)17-9-4-3-8-16(17)21(24-26)19-11-6-12-29-19/h2-12H,13-14H2,1H3. The Labute approximate surface area is 170 Å². The number of nitrogens with zero attached hydrogens (tertiary/aromatic N) is 3. The highest BCUT2D eigenvalue weighted by Gasteiger charge is 2.17. The van der Waals surface area contributed by atoms with Gasteiger partial charge < -0.3 is 4.90 Å². The van der Waals surface area contributed by atoms with Crippen LogP contribution in [0.3, 0.4) is 0 Å². The minimum atomic E-state index is -0.367. The fraction of sp³-hybridized carbons (Fsp3) is 0.136. The fourth-order valence-electron chi connectivity index (χ4n) is 3.16. The molecule has 2 heterocycles. The van der Waals surface area contributed by atoms with Crippen LogP contribution in [0.4, 0.5) is 4.39 Å². The molecule has 0 fully saturated rings. The lowest BCUT2D eigenvalue weighted by Gasteiger charge is -2.18. The van der Waals surface area contributed by atoms with Gasteiger partial charge >= 0.3 is 0 Å². The fourth-order valence-corrected chi connectivity index (χ4v) is 3.88. The summed E-state index contributed by atoms with van der Waals surface area (Å²) in [4.78, 5) is 27.9. The molecule has 4 rings (SSSR count). The van der Waals surface area contributed by atoms with E-state index in [9.17, 15) is 14.0 Å². The molecule has 7 heteroatoms. The van der Waals surface area contributed by atoms with E-state index in [0.717, 1.165) is 10.3 Å². The number of fused-ring (bicyclic) bond motifs is 1. The van der Waals surface area contributed by atoms with Crippen LogP contribution < -0.4 is 5.56 Å². The molecule has 5 nitrogen and oxygen atoms in total. The Bertz CT molecular complexity index is 1230. The second kappa shape index (κ2) is 7.97. The Morgan fingerprint density at radius 1 is 1.07 bits per heavy atom. The van der Waals surface area contributed by atoms with Crippen LogP contribution in [0.5, 0.6) is 0 Å². The van der Waals surface area contributed by atoms with Gasteiger partial charge in [0.25, 0.3) is 5.56 Å². The van der Waals surface area contributed by atoms with E-state index in [-0.39, 0.29) is 30.4 Å². The number of benzene rings is 2. The van der Waals surface area contributed by atoms with Crippen LogP contribution in [-0.4, -0.2) is 27.6 Å². The third kappa shape index (κ3) is 3.82. The molecule has 0 radical (unpaired) electrons. The quantitative estimate of drug-likeness (QED) is 0.504. The van der Waals surface area contributed by atoms with Crippen molar-refractivity contribution >= 4 is 28.0 Å². The third-order valence-electron chi connectivity index (χ3n) is 4.70. The molecule has 29 heavy (non-hydrogen) atoms. The van der Waals surface area contributed by atoms with Crippen molar-refractivity contribution in [3.63, 3.8) is 0 Å². The van der Waals surface area contributed by atoms with E-state index in [4.69, 9.17) is 0 Å². The number of thiophene rings is 1. The van der Waals surface area contributed by atoms with E-state index >= 15 is 0 Å². The van der Waals surface area contributed by atoms with E-state index < -0.39 is 0 Å². The van der Waals surface area contributed by atoms with Crippen LogP contribution in [0.1, 0.15) is 5.56 Å². The number of likely N-dealkylation sites (N-methyl/N-ethyl adjacent to an activating group) is 1. The largest absolute Gasteiger partial charge is 0.340 e. The molecule has 0 bridgehead atoms. The SMILES string of the molecule is CN(Cc1ccccc1F)C(=O)Cn1nc(-c2cccs2)c2ccccc2c1=O. The summed E-state index contributed by atoms with van der Waals surface area (Å²) in [5, 5.41) is 7.68. The lowest BCUT2D eigenvalue weighted by molar-refractivity contribution is -0.131. The van der Waals surface area contributed by atoms with E-state index in [0.29, 0.717) is 16.6 Å². The molecule has 0 atom stereocenters. The number of rotatable bonds is 5. The Morgan fingerprint density at radius 3 is 2.52 bits per heavy atom. The van der Waals surface area contributed by atoms with Gasteiger partial charge in [0.15, 0.2) is 0 Å². The highest BCUT2D eigenvalue weighted by Crippen LogP contribution is 2.28. The van der Waals surface area contributed by atoms with Crippen molar-refractivity contribution in [1.82, 2.24) is 14.7 Å². The number of halogens is 1. The van der Waals surface area contributed by atoms with Gasteiger partial charge in [0, 0.05) is 24.5 Å². The van der Waals surface area contributed by atoms with Crippen molar-refractivity contribution in [2.75, 3.05) is 7.05 Å². The lowest BCUT2D eigenvalue weighted by atomic mass is 10.1. The molecule has 2 aromatic heterocycles. The van der Waals surface area contributed by atoms with Crippen LogP contribution in [-0.2, 0) is 17.9 Å². The van der Waals surface area contributed by atoms with Gasteiger partial charge in [-0.25, -0.2) is 9.07 Å². The Hall–Kier alpha value is -3.32. The second-order valence-corrected chi connectivity index (χ2v) is 7.62. The molecule has 0 spiro atoms. The number of carbonyl (C=O) groups is 1. The summed E-state index contributed by atoms with van der Waals surface area (Å²) in [7, 11) is 1.58. The first-order valence-corrected chi connectivity index (χ1v) is 9.93. The molecule has 0 saturated heterocycles. The minimum Gasteiger partial charge on any atom is -0.340 e. The number of carbonyl (C=O) groups excluding carboxylic acids is 1. The van der Waals surface area contributed by atoms with Gasteiger partial charge in [0.1, 0.15) is 18.1 Å². The normalized spacial score (nSPS) is 11.0. The van der Waals surface area contributed by atoms with Gasteiger partial charge in [0.2, 0.25) is 5.91 Å². The van der Waals surface area contributed by atoms with Crippen molar-refractivity contribution in [3.8, 4) is 10.6 Å². The zero-order chi connectivity index (χ0) is 20.4. The summed E-state index contributed by atoms with van der Waals surface area (Å²) in [6, 6.07) is 17.4. The number of hydrogen-bond acceptors (Lipinski definition) is 4. The summed E-state index contributed by atoms with van der Waals surface area (Å²) in [6.07, 6.45) is 0. The number of aromatic nitrogens is 2. The Balaban J connectivity index is 1.67. The molecule has 1 amide bonds. The Morgan fingerprint density at radius 2 is 1.79 bits per heavy atom. The average molecular weight is 407 g/mol. The molecule has 0 aliphatic carbocycles. The average Bonchev–Trinajstić information content (AvgIpc) is 3.26. The summed E-state index contributed by atoms with van der Waals surface area (Å²) >= 11 is 1.52. The monoisotopic (exact) mass is 407 g/mol. The van der Waals surface area contributed by atoms with Crippen molar-refractivity contribution < 1.29 is 9.18 Å². The van der Waals surface area contributed by atoms with E-state index in [1.54, 1.807) is 37.4 Å². The van der Waals surface area contributed by atoms with E-state index in [2.05, 4.69) is 5.10 Å². The molecule has 146 valence electrons. The predicted molar refractivity (Wildman–Crippen MR) is 112 cm³/mol. The highest BCUT2D eigenvalue weighted by atomic mass is 32.1. The van der Waals surface area contributed by atoms with Gasteiger partial charge in [0.05, 0.1) is 10.3 Å². The summed E-state index contributed by atoms with van der Waals surface area (Å²) in [5.41, 5.74) is 0.759. The minimum absolute atomic E-state index is 0.117. The van der Waals surface area contributed by atoms with Gasteiger partial charge in [-0.15, -0.1) is 11.3 Å². The maximum Gasteiger partial charge on any atom is 0.275 e. The molecule has 0 aliphatic heterocycles. The van der Waals surface area contributed by atoms with Gasteiger partial charge in [-0.2, -0.15) is 5.10 Å². The second-order valence-electron chi connectivity index (χ2n) is 6.68. The molecule has 2 aromatic carbocycles. The zero-order valence-electron chi connectivity index (χ0n) is 15.7. The number of hydrogen-bond donors (Lipinski definition) is 0. The van der Waals surface area contributed by atoms with Gasteiger partial charge in [-0.1, -0.05) is 42.5 Å². The molecule has 0 unspecified atom stereocenters. The van der Waals surface area contributed by atoms with Crippen molar-refractivity contribution in [1.29, 1.82) is 0 Å². The lowest BCUT2D eigenvalue weighted by Crippen LogP contribution is -2.35. The van der Waals surface area contributed by atoms with Crippen molar-refractivity contribution in [2.45, 2.75) is 13.1 Å². The van der Waals surface area contributed by atoms with Crippen LogP contribution >= 0.6 is 11.3 Å². The van der Waals surface area contributed by atoms with E-state index in [1.807, 2.05) is 29.6 Å². The van der Waals surface area contributed by atoms with Crippen LogP contribution in [0.25, 0.3) is 21.3 Å². The van der Waals surface area contributed by atoms with Crippen molar-refractivity contribution in [2.24, 2.45) is 0 Å². The molecule has 0 saturated carbocycles. The smallest absolute Gasteiger partial charge is 0.275 e. The first-order chi connectivity index (χ1) is 14.0. The first-order valence-electron chi connectivity index (χ1n) is 9.05. The molecule has 0 aliphatic rings. The molecule has 4 aromatic rings. The molecular formula is C22H18FN3O2S. The summed E-state index contributed by atoms with van der Waals surface area (Å²) in [6.45, 7) is -0.0986. The zero-order valence-corrected chi connectivity index (χ0v) is 16.5. The third-order valence-corrected chi connectivity index (χ3v) is 5.58. The molecule has 0 N–H and O–H groups in total. The predicted octanol–water partition coefficient (Wildman–Crippen LogP) is 3.92. The Kier molecular flexibility index (Phi) is 5.22. The number of amides is 1. The van der Waals surface area contributed by atoms with Gasteiger partial charge in [-0.05, 0) is 23.6 Å². The van der Waals surface area contributed by atoms with E-state index in [1.165, 1.54) is 27.0 Å². The highest BCUT2D eigenvalue weighted by molar-refractivity contribution is 7.13. The topological polar surface area (TPSA) is 55.2 Å².